The Labute approximate surface area is 140 Å². The van der Waals surface area contributed by atoms with Gasteiger partial charge in [0.25, 0.3) is 5.91 Å². The van der Waals surface area contributed by atoms with Crippen LogP contribution in [0.4, 0.5) is 0 Å². The van der Waals surface area contributed by atoms with E-state index >= 15 is 0 Å². The molecular weight excluding hydrogens is 399 g/mol. The van der Waals surface area contributed by atoms with Crippen molar-refractivity contribution in [1.29, 1.82) is 0 Å². The largest absolute Gasteiger partial charge is 0.507 e. The van der Waals surface area contributed by atoms with Crippen molar-refractivity contribution in [3.05, 3.63) is 51.1 Å². The number of amides is 1. The second-order valence-electron chi connectivity index (χ2n) is 4.27. The van der Waals surface area contributed by atoms with Crippen molar-refractivity contribution < 1.29 is 19.7 Å². The van der Waals surface area contributed by atoms with E-state index in [1.54, 1.807) is 24.3 Å². The van der Waals surface area contributed by atoms with Crippen molar-refractivity contribution in [2.75, 3.05) is 7.11 Å². The fourth-order valence-electron chi connectivity index (χ4n) is 1.72. The summed E-state index contributed by atoms with van der Waals surface area (Å²) in [4.78, 5) is 11.8. The van der Waals surface area contributed by atoms with Crippen LogP contribution in [-0.4, -0.2) is 29.4 Å². The number of hydrogen-bond donors (Lipinski definition) is 3. The van der Waals surface area contributed by atoms with E-state index < -0.39 is 5.91 Å². The van der Waals surface area contributed by atoms with E-state index in [1.807, 2.05) is 22.6 Å². The molecule has 0 bridgehead atoms. The summed E-state index contributed by atoms with van der Waals surface area (Å²) in [7, 11) is 1.45. The van der Waals surface area contributed by atoms with Crippen LogP contribution in [0.15, 0.2) is 41.5 Å². The summed E-state index contributed by atoms with van der Waals surface area (Å²) in [5.74, 6) is -0.260. The second kappa shape index (κ2) is 7.12. The monoisotopic (exact) mass is 412 g/mol. The van der Waals surface area contributed by atoms with Crippen LogP contribution >= 0.6 is 22.6 Å². The molecule has 2 aromatic rings. The molecule has 6 nitrogen and oxygen atoms in total. The third kappa shape index (κ3) is 3.67. The van der Waals surface area contributed by atoms with Gasteiger partial charge in [-0.25, -0.2) is 5.43 Å². The van der Waals surface area contributed by atoms with E-state index in [2.05, 4.69) is 10.5 Å². The van der Waals surface area contributed by atoms with Gasteiger partial charge in [0.2, 0.25) is 0 Å². The summed E-state index contributed by atoms with van der Waals surface area (Å²) < 4.78 is 5.64. The molecule has 114 valence electrons. The highest BCUT2D eigenvalue weighted by atomic mass is 127. The van der Waals surface area contributed by atoms with Crippen LogP contribution < -0.4 is 10.2 Å². The van der Waals surface area contributed by atoms with Gasteiger partial charge in [0.1, 0.15) is 5.75 Å². The zero-order valence-corrected chi connectivity index (χ0v) is 13.7. The standard InChI is InChI=1S/C15H13IN2O4/c1-22-13-7-9(6-11(16)14(13)20)8-17-18-15(21)10-4-2-3-5-12(10)19/h2-8,19-20H,1H3,(H,18,21)/b17-8+. The Morgan fingerprint density at radius 1 is 1.32 bits per heavy atom. The van der Waals surface area contributed by atoms with Crippen molar-refractivity contribution in [3.8, 4) is 17.2 Å². The fourth-order valence-corrected chi connectivity index (χ4v) is 2.34. The van der Waals surface area contributed by atoms with Crippen molar-refractivity contribution in [2.24, 2.45) is 5.10 Å². The molecule has 0 aliphatic heterocycles. The summed E-state index contributed by atoms with van der Waals surface area (Å²) in [5.41, 5.74) is 3.11. The number of halogens is 1. The van der Waals surface area contributed by atoms with Crippen molar-refractivity contribution in [2.45, 2.75) is 0 Å². The van der Waals surface area contributed by atoms with Crippen LogP contribution in [0.3, 0.4) is 0 Å². The second-order valence-corrected chi connectivity index (χ2v) is 5.43. The van der Waals surface area contributed by atoms with Gasteiger partial charge in [0.05, 0.1) is 22.5 Å². The molecule has 0 heterocycles. The Hall–Kier alpha value is -2.29. The number of benzene rings is 2. The molecule has 0 unspecified atom stereocenters. The molecule has 0 radical (unpaired) electrons. The maximum atomic E-state index is 11.8. The van der Waals surface area contributed by atoms with Gasteiger partial charge in [0, 0.05) is 0 Å². The number of hydrazone groups is 1. The summed E-state index contributed by atoms with van der Waals surface area (Å²) in [6, 6.07) is 9.46. The number of hydrogen-bond acceptors (Lipinski definition) is 5. The highest BCUT2D eigenvalue weighted by molar-refractivity contribution is 14.1. The van der Waals surface area contributed by atoms with E-state index in [9.17, 15) is 15.0 Å². The lowest BCUT2D eigenvalue weighted by atomic mass is 10.2. The lowest BCUT2D eigenvalue weighted by Gasteiger charge is -2.06. The summed E-state index contributed by atoms with van der Waals surface area (Å²) in [6.45, 7) is 0. The Balaban J connectivity index is 2.12. The number of rotatable bonds is 4. The first-order valence-corrected chi connectivity index (χ1v) is 7.28. The number of carbonyl (C=O) groups is 1. The van der Waals surface area contributed by atoms with Crippen LogP contribution in [0.25, 0.3) is 0 Å². The molecule has 0 aromatic heterocycles. The smallest absolute Gasteiger partial charge is 0.275 e. The minimum atomic E-state index is -0.519. The topological polar surface area (TPSA) is 91.2 Å². The number of ether oxygens (including phenoxy) is 1. The quantitative estimate of drug-likeness (QED) is 0.409. The number of phenolic OH excluding ortho intramolecular Hbond substituents is 2. The SMILES string of the molecule is COc1cc(/C=N/NC(=O)c2ccccc2O)cc(I)c1O. The van der Waals surface area contributed by atoms with Crippen LogP contribution in [0, 0.1) is 3.57 Å². The normalized spacial score (nSPS) is 10.6. The van der Waals surface area contributed by atoms with Crippen molar-refractivity contribution >= 4 is 34.7 Å². The number of nitrogens with zero attached hydrogens (tertiary/aromatic N) is 1. The highest BCUT2D eigenvalue weighted by Gasteiger charge is 2.09. The van der Waals surface area contributed by atoms with Gasteiger partial charge in [-0.1, -0.05) is 12.1 Å². The maximum Gasteiger partial charge on any atom is 0.275 e. The van der Waals surface area contributed by atoms with Gasteiger partial charge in [-0.15, -0.1) is 0 Å². The molecule has 2 rings (SSSR count). The molecule has 0 fully saturated rings. The predicted molar refractivity (Wildman–Crippen MR) is 90.5 cm³/mol. The number of phenols is 2. The molecule has 0 saturated heterocycles. The summed E-state index contributed by atoms with van der Waals surface area (Å²) in [5, 5.41) is 23.1. The number of methoxy groups -OCH3 is 1. The van der Waals surface area contributed by atoms with E-state index in [0.29, 0.717) is 14.9 Å². The maximum absolute atomic E-state index is 11.8. The molecule has 3 N–H and O–H groups in total. The van der Waals surface area contributed by atoms with E-state index in [0.717, 1.165) is 0 Å². The number of aromatic hydroxyl groups is 2. The zero-order chi connectivity index (χ0) is 16.1. The van der Waals surface area contributed by atoms with E-state index in [4.69, 9.17) is 4.74 Å². The van der Waals surface area contributed by atoms with E-state index in [1.165, 1.54) is 25.5 Å². The Morgan fingerprint density at radius 2 is 2.05 bits per heavy atom. The summed E-state index contributed by atoms with van der Waals surface area (Å²) in [6.07, 6.45) is 1.42. The molecule has 22 heavy (non-hydrogen) atoms. The third-order valence-electron chi connectivity index (χ3n) is 2.80. The lowest BCUT2D eigenvalue weighted by molar-refractivity contribution is 0.0952. The lowest BCUT2D eigenvalue weighted by Crippen LogP contribution is -2.17. The number of nitrogens with one attached hydrogen (secondary N) is 1. The highest BCUT2D eigenvalue weighted by Crippen LogP contribution is 2.31. The average Bonchev–Trinajstić information content (AvgIpc) is 2.50. The minimum Gasteiger partial charge on any atom is -0.507 e. The fraction of sp³-hybridized carbons (Fsp3) is 0.0667. The molecular formula is C15H13IN2O4. The Bertz CT molecular complexity index is 731. The predicted octanol–water partition coefficient (Wildman–Crippen LogP) is 2.47. The van der Waals surface area contributed by atoms with Gasteiger partial charge in [-0.2, -0.15) is 5.10 Å². The van der Waals surface area contributed by atoms with Crippen LogP contribution in [0.2, 0.25) is 0 Å². The van der Waals surface area contributed by atoms with Gasteiger partial charge < -0.3 is 14.9 Å². The first kappa shape index (κ1) is 16.1. The van der Waals surface area contributed by atoms with Gasteiger partial charge in [-0.3, -0.25) is 4.79 Å². The molecule has 0 atom stereocenters. The minimum absolute atomic E-state index is 0.0542. The van der Waals surface area contributed by atoms with Gasteiger partial charge in [0.15, 0.2) is 11.5 Å². The molecule has 2 aromatic carbocycles. The van der Waals surface area contributed by atoms with Crippen LogP contribution in [-0.2, 0) is 0 Å². The third-order valence-corrected chi connectivity index (χ3v) is 3.62. The molecule has 0 aliphatic carbocycles. The number of para-hydroxylation sites is 1. The molecule has 7 heteroatoms. The van der Waals surface area contributed by atoms with Crippen LogP contribution in [0.1, 0.15) is 15.9 Å². The molecule has 0 aliphatic rings. The van der Waals surface area contributed by atoms with Crippen molar-refractivity contribution in [1.82, 2.24) is 5.43 Å². The Morgan fingerprint density at radius 3 is 2.73 bits per heavy atom. The van der Waals surface area contributed by atoms with Gasteiger partial charge >= 0.3 is 0 Å². The average molecular weight is 412 g/mol. The Kier molecular flexibility index (Phi) is 5.21. The molecule has 0 saturated carbocycles. The first-order valence-electron chi connectivity index (χ1n) is 6.21. The molecule has 1 amide bonds. The van der Waals surface area contributed by atoms with Gasteiger partial charge in [-0.05, 0) is 52.4 Å². The molecule has 0 spiro atoms. The number of carbonyl (C=O) groups excluding carboxylic acids is 1. The van der Waals surface area contributed by atoms with Crippen LogP contribution in [0.5, 0.6) is 17.2 Å². The first-order chi connectivity index (χ1) is 10.5. The van der Waals surface area contributed by atoms with Crippen molar-refractivity contribution in [3.63, 3.8) is 0 Å². The summed E-state index contributed by atoms with van der Waals surface area (Å²) >= 11 is 1.97. The zero-order valence-electron chi connectivity index (χ0n) is 11.6. The van der Waals surface area contributed by atoms with E-state index in [-0.39, 0.29) is 17.1 Å².